The zero-order valence-electron chi connectivity index (χ0n) is 6.88. The third kappa shape index (κ3) is 2.53. The molecule has 1 rings (SSSR count). The van der Waals surface area contributed by atoms with Crippen molar-refractivity contribution in [2.24, 2.45) is 5.92 Å². The van der Waals surface area contributed by atoms with Crippen LogP contribution in [0.1, 0.15) is 25.7 Å². The van der Waals surface area contributed by atoms with Gasteiger partial charge in [0.15, 0.2) is 0 Å². The van der Waals surface area contributed by atoms with Crippen LogP contribution in [0.4, 0.5) is 0 Å². The van der Waals surface area contributed by atoms with Crippen molar-refractivity contribution in [2.45, 2.75) is 25.7 Å². The summed E-state index contributed by atoms with van der Waals surface area (Å²) < 4.78 is 0. The molecule has 0 spiro atoms. The first-order chi connectivity index (χ1) is 5.70. The van der Waals surface area contributed by atoms with Gasteiger partial charge in [0.25, 0.3) is 0 Å². The lowest BCUT2D eigenvalue weighted by atomic mass is 9.97. The molecule has 4 heteroatoms. The zero-order chi connectivity index (χ0) is 8.97. The lowest BCUT2D eigenvalue weighted by Gasteiger charge is -2.15. The van der Waals surface area contributed by atoms with Crippen LogP contribution < -0.4 is 5.32 Å². The molecule has 0 bridgehead atoms. The largest absolute Gasteiger partial charge is 0.481 e. The summed E-state index contributed by atoms with van der Waals surface area (Å²) in [5.74, 6) is -0.976. The molecule has 1 atom stereocenters. The first kappa shape index (κ1) is 9.03. The Kier molecular flexibility index (Phi) is 3.08. The third-order valence-corrected chi connectivity index (χ3v) is 2.12. The number of carboxylic acids is 1. The van der Waals surface area contributed by atoms with Gasteiger partial charge in [-0.15, -0.1) is 0 Å². The Balaban J connectivity index is 2.40. The number of carbonyl (C=O) groups is 2. The summed E-state index contributed by atoms with van der Waals surface area (Å²) in [6.45, 7) is 0.496. The van der Waals surface area contributed by atoms with Crippen LogP contribution >= 0.6 is 0 Å². The molecule has 0 aromatic rings. The molecule has 1 fully saturated rings. The normalized spacial score (nSPS) is 25.3. The maximum atomic E-state index is 10.9. The molecule has 0 radical (unpaired) electrons. The van der Waals surface area contributed by atoms with Crippen LogP contribution in [-0.4, -0.2) is 23.5 Å². The number of aliphatic carboxylic acids is 1. The first-order valence-corrected chi connectivity index (χ1v) is 4.19. The predicted molar refractivity (Wildman–Crippen MR) is 42.6 cm³/mol. The molecule has 1 unspecified atom stereocenters. The van der Waals surface area contributed by atoms with Crippen molar-refractivity contribution in [2.75, 3.05) is 6.54 Å². The van der Waals surface area contributed by atoms with Crippen molar-refractivity contribution in [1.29, 1.82) is 0 Å². The van der Waals surface area contributed by atoms with Crippen molar-refractivity contribution in [3.63, 3.8) is 0 Å². The third-order valence-electron chi connectivity index (χ3n) is 2.12. The number of carbonyl (C=O) groups excluding carboxylic acids is 1. The van der Waals surface area contributed by atoms with Gasteiger partial charge < -0.3 is 10.4 Å². The van der Waals surface area contributed by atoms with Gasteiger partial charge in [0.1, 0.15) is 0 Å². The van der Waals surface area contributed by atoms with Gasteiger partial charge in [-0.2, -0.15) is 0 Å². The first-order valence-electron chi connectivity index (χ1n) is 4.19. The lowest BCUT2D eigenvalue weighted by molar-refractivity contribution is -0.142. The van der Waals surface area contributed by atoms with E-state index < -0.39 is 5.97 Å². The average Bonchev–Trinajstić information content (AvgIpc) is 1.95. The lowest BCUT2D eigenvalue weighted by Crippen LogP contribution is -2.30. The van der Waals surface area contributed by atoms with Gasteiger partial charge in [0.05, 0.1) is 5.92 Å². The van der Waals surface area contributed by atoms with E-state index >= 15 is 0 Å². The highest BCUT2D eigenvalue weighted by Crippen LogP contribution is 2.14. The van der Waals surface area contributed by atoms with E-state index in [-0.39, 0.29) is 11.8 Å². The molecule has 4 nitrogen and oxygen atoms in total. The fourth-order valence-electron chi connectivity index (χ4n) is 1.37. The second kappa shape index (κ2) is 4.09. The highest BCUT2D eigenvalue weighted by molar-refractivity contribution is 5.76. The minimum absolute atomic E-state index is 0.0406. The van der Waals surface area contributed by atoms with E-state index in [2.05, 4.69) is 5.32 Å². The molecule has 0 aromatic heterocycles. The summed E-state index contributed by atoms with van der Waals surface area (Å²) in [7, 11) is 0. The van der Waals surface area contributed by atoms with Gasteiger partial charge in [-0.1, -0.05) is 0 Å². The minimum Gasteiger partial charge on any atom is -0.481 e. The zero-order valence-corrected chi connectivity index (χ0v) is 6.88. The van der Waals surface area contributed by atoms with E-state index in [0.717, 1.165) is 0 Å². The van der Waals surface area contributed by atoms with E-state index in [0.29, 0.717) is 32.2 Å². The molecule has 1 heterocycles. The van der Waals surface area contributed by atoms with E-state index in [4.69, 9.17) is 5.11 Å². The molecule has 12 heavy (non-hydrogen) atoms. The topological polar surface area (TPSA) is 66.4 Å². The van der Waals surface area contributed by atoms with Gasteiger partial charge >= 0.3 is 5.97 Å². The van der Waals surface area contributed by atoms with E-state index in [1.165, 1.54) is 0 Å². The highest BCUT2D eigenvalue weighted by Gasteiger charge is 2.19. The Hall–Kier alpha value is -1.06. The molecular weight excluding hydrogens is 158 g/mol. The Morgan fingerprint density at radius 3 is 2.92 bits per heavy atom. The molecule has 1 aliphatic rings. The standard InChI is InChI=1S/C8H13NO3/c10-7-3-1-2-6(8(11)12)4-5-9-7/h6H,1-5H2,(H,9,10)(H,11,12). The average molecular weight is 171 g/mol. The Morgan fingerprint density at radius 1 is 1.50 bits per heavy atom. The summed E-state index contributed by atoms with van der Waals surface area (Å²) in [6, 6.07) is 0. The fraction of sp³-hybridized carbons (Fsp3) is 0.750. The molecule has 0 saturated carbocycles. The number of carboxylic acid groups (broad SMARTS) is 1. The number of hydrogen-bond donors (Lipinski definition) is 2. The molecule has 68 valence electrons. The molecule has 1 saturated heterocycles. The number of amides is 1. The van der Waals surface area contributed by atoms with Gasteiger partial charge in [-0.3, -0.25) is 9.59 Å². The summed E-state index contributed by atoms with van der Waals surface area (Å²) in [5.41, 5.74) is 0. The van der Waals surface area contributed by atoms with Gasteiger partial charge in [0.2, 0.25) is 5.91 Å². The Bertz CT molecular complexity index is 179. The molecule has 1 amide bonds. The monoisotopic (exact) mass is 171 g/mol. The van der Waals surface area contributed by atoms with Gasteiger partial charge in [-0.05, 0) is 19.3 Å². The number of hydrogen-bond acceptors (Lipinski definition) is 2. The minimum atomic E-state index is -0.744. The van der Waals surface area contributed by atoms with E-state index in [1.54, 1.807) is 0 Å². The van der Waals surface area contributed by atoms with Crippen LogP contribution in [-0.2, 0) is 9.59 Å². The molecular formula is C8H13NO3. The molecule has 0 aromatic carbocycles. The summed E-state index contributed by atoms with van der Waals surface area (Å²) >= 11 is 0. The second-order valence-corrected chi connectivity index (χ2v) is 3.07. The van der Waals surface area contributed by atoms with Gasteiger partial charge in [0, 0.05) is 13.0 Å². The van der Waals surface area contributed by atoms with Crippen LogP contribution in [0.5, 0.6) is 0 Å². The van der Waals surface area contributed by atoms with Crippen LogP contribution in [0, 0.1) is 5.92 Å². The van der Waals surface area contributed by atoms with Crippen molar-refractivity contribution in [3.05, 3.63) is 0 Å². The van der Waals surface area contributed by atoms with Crippen LogP contribution in [0.3, 0.4) is 0 Å². The smallest absolute Gasteiger partial charge is 0.306 e. The predicted octanol–water partition coefficient (Wildman–Crippen LogP) is 0.377. The maximum absolute atomic E-state index is 10.9. The Morgan fingerprint density at radius 2 is 2.25 bits per heavy atom. The van der Waals surface area contributed by atoms with E-state index in [1.807, 2.05) is 0 Å². The molecule has 2 N–H and O–H groups in total. The SMILES string of the molecule is O=C1CCCC(C(=O)O)CCN1. The van der Waals surface area contributed by atoms with Crippen LogP contribution in [0.15, 0.2) is 0 Å². The highest BCUT2D eigenvalue weighted by atomic mass is 16.4. The summed E-state index contributed by atoms with van der Waals surface area (Å²) in [5, 5.41) is 11.4. The Labute approximate surface area is 71.0 Å². The quantitative estimate of drug-likeness (QED) is 0.599. The fourth-order valence-corrected chi connectivity index (χ4v) is 1.37. The van der Waals surface area contributed by atoms with Crippen molar-refractivity contribution < 1.29 is 14.7 Å². The second-order valence-electron chi connectivity index (χ2n) is 3.07. The van der Waals surface area contributed by atoms with Crippen molar-refractivity contribution >= 4 is 11.9 Å². The molecule has 1 aliphatic heterocycles. The summed E-state index contributed by atoms with van der Waals surface area (Å²) in [6.07, 6.45) is 2.33. The van der Waals surface area contributed by atoms with Crippen molar-refractivity contribution in [1.82, 2.24) is 5.32 Å². The van der Waals surface area contributed by atoms with Crippen molar-refractivity contribution in [3.8, 4) is 0 Å². The van der Waals surface area contributed by atoms with Crippen LogP contribution in [0.25, 0.3) is 0 Å². The molecule has 0 aliphatic carbocycles. The number of rotatable bonds is 1. The maximum Gasteiger partial charge on any atom is 0.306 e. The van der Waals surface area contributed by atoms with Crippen LogP contribution in [0.2, 0.25) is 0 Å². The number of nitrogens with one attached hydrogen (secondary N) is 1. The van der Waals surface area contributed by atoms with Gasteiger partial charge in [-0.25, -0.2) is 0 Å². The van der Waals surface area contributed by atoms with E-state index in [9.17, 15) is 9.59 Å². The summed E-state index contributed by atoms with van der Waals surface area (Å²) in [4.78, 5) is 21.4.